The van der Waals surface area contributed by atoms with E-state index in [4.69, 9.17) is 4.42 Å². The van der Waals surface area contributed by atoms with Gasteiger partial charge < -0.3 is 4.42 Å². The van der Waals surface area contributed by atoms with Crippen LogP contribution in [0.5, 0.6) is 0 Å². The summed E-state index contributed by atoms with van der Waals surface area (Å²) in [5.41, 5.74) is 0.907. The lowest BCUT2D eigenvalue weighted by molar-refractivity contribution is 0.530. The predicted octanol–water partition coefficient (Wildman–Crippen LogP) is 4.24. The van der Waals surface area contributed by atoms with Crippen LogP contribution in [0.2, 0.25) is 0 Å². The lowest BCUT2D eigenvalue weighted by Crippen LogP contribution is -1.80. The van der Waals surface area contributed by atoms with Gasteiger partial charge in [0.1, 0.15) is 17.3 Å². The van der Waals surface area contributed by atoms with Crippen molar-refractivity contribution in [2.45, 2.75) is 19.8 Å². The zero-order valence-electron chi connectivity index (χ0n) is 9.24. The van der Waals surface area contributed by atoms with E-state index in [0.29, 0.717) is 0 Å². The van der Waals surface area contributed by atoms with E-state index in [2.05, 4.69) is 13.3 Å². The zero-order valence-corrected chi connectivity index (χ0v) is 9.24. The average Bonchev–Trinajstić information content (AvgIpc) is 2.76. The highest BCUT2D eigenvalue weighted by Gasteiger charge is 2.04. The number of hydrogen-bond acceptors (Lipinski definition) is 1. The second kappa shape index (κ2) is 4.97. The Balaban J connectivity index is 2.15. The first-order valence-corrected chi connectivity index (χ1v) is 5.46. The fourth-order valence-corrected chi connectivity index (χ4v) is 1.54. The van der Waals surface area contributed by atoms with Crippen LogP contribution in [0, 0.1) is 12.2 Å². The molecule has 0 aliphatic heterocycles. The van der Waals surface area contributed by atoms with Crippen molar-refractivity contribution in [1.82, 2.24) is 0 Å². The molecule has 0 saturated heterocycles. The number of halogens is 1. The number of benzene rings is 1. The van der Waals surface area contributed by atoms with Crippen molar-refractivity contribution < 1.29 is 8.81 Å². The predicted molar refractivity (Wildman–Crippen MR) is 62.4 cm³/mol. The third-order valence-corrected chi connectivity index (χ3v) is 2.42. The lowest BCUT2D eigenvalue weighted by Gasteiger charge is -1.97. The van der Waals surface area contributed by atoms with Crippen LogP contribution in [-0.4, -0.2) is 0 Å². The van der Waals surface area contributed by atoms with Gasteiger partial charge in [-0.2, -0.15) is 0 Å². The lowest BCUT2D eigenvalue weighted by atomic mass is 10.2. The van der Waals surface area contributed by atoms with Gasteiger partial charge in [0, 0.05) is 12.0 Å². The highest BCUT2D eigenvalue weighted by Crippen LogP contribution is 2.22. The molecule has 0 atom stereocenters. The molecule has 1 aromatic heterocycles. The van der Waals surface area contributed by atoms with E-state index in [0.717, 1.165) is 29.9 Å². The monoisotopic (exact) mass is 217 g/mol. The van der Waals surface area contributed by atoms with Crippen LogP contribution in [0.25, 0.3) is 11.3 Å². The molecule has 16 heavy (non-hydrogen) atoms. The summed E-state index contributed by atoms with van der Waals surface area (Å²) in [5, 5.41) is 0. The fraction of sp³-hybridized carbons (Fsp3) is 0.214. The summed E-state index contributed by atoms with van der Waals surface area (Å²) in [4.78, 5) is 0. The molecule has 0 unspecified atom stereocenters. The van der Waals surface area contributed by atoms with Crippen LogP contribution in [0.1, 0.15) is 19.1 Å². The normalized spacial score (nSPS) is 10.6. The molecule has 2 aromatic rings. The molecule has 0 amide bonds. The molecular formula is C14H14FO. The standard InChI is InChI=1S/C14H14FO/c1-2-3-4-13-9-10-14(16-13)11-5-7-12(15)8-6-11/h3,5-10H,2,4H2,1H3. The minimum absolute atomic E-state index is 0.227. The molecule has 0 N–H and O–H groups in total. The molecule has 0 aliphatic rings. The summed E-state index contributed by atoms with van der Waals surface area (Å²) in [7, 11) is 0. The van der Waals surface area contributed by atoms with Gasteiger partial charge >= 0.3 is 0 Å². The highest BCUT2D eigenvalue weighted by molar-refractivity contribution is 5.57. The Morgan fingerprint density at radius 1 is 1.12 bits per heavy atom. The van der Waals surface area contributed by atoms with E-state index in [1.807, 2.05) is 12.1 Å². The van der Waals surface area contributed by atoms with Gasteiger partial charge in [0.2, 0.25) is 0 Å². The van der Waals surface area contributed by atoms with Crippen molar-refractivity contribution in [1.29, 1.82) is 0 Å². The molecule has 0 spiro atoms. The highest BCUT2D eigenvalue weighted by atomic mass is 19.1. The number of unbranched alkanes of at least 4 members (excludes halogenated alkanes) is 1. The molecule has 83 valence electrons. The molecule has 1 radical (unpaired) electrons. The molecule has 0 fully saturated rings. The third-order valence-electron chi connectivity index (χ3n) is 2.42. The van der Waals surface area contributed by atoms with E-state index in [-0.39, 0.29) is 5.82 Å². The maximum Gasteiger partial charge on any atom is 0.134 e. The second-order valence-corrected chi connectivity index (χ2v) is 3.67. The molecule has 0 aliphatic carbocycles. The summed E-state index contributed by atoms with van der Waals surface area (Å²) >= 11 is 0. The molecule has 1 nitrogen and oxygen atoms in total. The third kappa shape index (κ3) is 2.51. The summed E-state index contributed by atoms with van der Waals surface area (Å²) in [6.45, 7) is 2.10. The zero-order chi connectivity index (χ0) is 11.4. The summed E-state index contributed by atoms with van der Waals surface area (Å²) in [6, 6.07) is 10.2. The van der Waals surface area contributed by atoms with Crippen LogP contribution >= 0.6 is 0 Å². The Labute approximate surface area is 94.9 Å². The van der Waals surface area contributed by atoms with Crippen molar-refractivity contribution in [2.24, 2.45) is 0 Å². The van der Waals surface area contributed by atoms with E-state index in [1.165, 1.54) is 12.1 Å². The van der Waals surface area contributed by atoms with Crippen molar-refractivity contribution in [3.05, 3.63) is 54.4 Å². The Bertz CT molecular complexity index is 442. The minimum atomic E-state index is -0.227. The fourth-order valence-electron chi connectivity index (χ4n) is 1.54. The van der Waals surface area contributed by atoms with Gasteiger partial charge in [-0.15, -0.1) is 0 Å². The number of furan rings is 1. The Hall–Kier alpha value is -1.57. The molecule has 2 rings (SSSR count). The first-order valence-electron chi connectivity index (χ1n) is 5.46. The van der Waals surface area contributed by atoms with E-state index in [9.17, 15) is 4.39 Å². The SMILES string of the molecule is CC[CH]Cc1ccc(-c2ccc(F)cc2)o1. The molecule has 2 heteroatoms. The summed E-state index contributed by atoms with van der Waals surface area (Å²) in [5.74, 6) is 1.51. The Morgan fingerprint density at radius 2 is 1.88 bits per heavy atom. The van der Waals surface area contributed by atoms with Gasteiger partial charge in [0.05, 0.1) is 0 Å². The van der Waals surface area contributed by atoms with Crippen LogP contribution in [-0.2, 0) is 6.42 Å². The van der Waals surface area contributed by atoms with Crippen molar-refractivity contribution in [3.8, 4) is 11.3 Å². The van der Waals surface area contributed by atoms with Gasteiger partial charge in [-0.3, -0.25) is 0 Å². The maximum absolute atomic E-state index is 12.7. The number of hydrogen-bond donors (Lipinski definition) is 0. The first-order chi connectivity index (χ1) is 7.79. The molecule has 0 bridgehead atoms. The smallest absolute Gasteiger partial charge is 0.134 e. The Kier molecular flexibility index (Phi) is 3.40. The van der Waals surface area contributed by atoms with E-state index in [1.54, 1.807) is 12.1 Å². The van der Waals surface area contributed by atoms with E-state index >= 15 is 0 Å². The summed E-state index contributed by atoms with van der Waals surface area (Å²) in [6.07, 6.45) is 4.04. The van der Waals surface area contributed by atoms with E-state index < -0.39 is 0 Å². The van der Waals surface area contributed by atoms with Gasteiger partial charge in [-0.05, 0) is 42.8 Å². The van der Waals surface area contributed by atoms with Crippen LogP contribution in [0.4, 0.5) is 4.39 Å². The van der Waals surface area contributed by atoms with Gasteiger partial charge in [-0.1, -0.05) is 13.3 Å². The topological polar surface area (TPSA) is 13.1 Å². The van der Waals surface area contributed by atoms with Crippen LogP contribution in [0.3, 0.4) is 0 Å². The molecule has 0 saturated carbocycles. The molecule has 1 heterocycles. The second-order valence-electron chi connectivity index (χ2n) is 3.67. The van der Waals surface area contributed by atoms with Crippen LogP contribution < -0.4 is 0 Å². The first kappa shape index (κ1) is 10.9. The minimum Gasteiger partial charge on any atom is -0.461 e. The Morgan fingerprint density at radius 3 is 2.56 bits per heavy atom. The quantitative estimate of drug-likeness (QED) is 0.746. The van der Waals surface area contributed by atoms with Crippen molar-refractivity contribution >= 4 is 0 Å². The van der Waals surface area contributed by atoms with Gasteiger partial charge in [-0.25, -0.2) is 4.39 Å². The molecular weight excluding hydrogens is 203 g/mol. The van der Waals surface area contributed by atoms with Crippen LogP contribution in [0.15, 0.2) is 40.8 Å². The summed E-state index contributed by atoms with van der Waals surface area (Å²) < 4.78 is 18.4. The largest absolute Gasteiger partial charge is 0.461 e. The molecule has 1 aromatic carbocycles. The van der Waals surface area contributed by atoms with Gasteiger partial charge in [0.25, 0.3) is 0 Å². The van der Waals surface area contributed by atoms with Crippen molar-refractivity contribution in [3.63, 3.8) is 0 Å². The average molecular weight is 217 g/mol. The number of rotatable bonds is 4. The van der Waals surface area contributed by atoms with Gasteiger partial charge in [0.15, 0.2) is 0 Å². The maximum atomic E-state index is 12.7. The van der Waals surface area contributed by atoms with Crippen molar-refractivity contribution in [2.75, 3.05) is 0 Å².